The molecular formula is C16H13BrN4O2. The molecule has 0 fully saturated rings. The number of primary amides is 1. The largest absolute Gasteiger partial charge is 0.487 e. The van der Waals surface area contributed by atoms with Crippen LogP contribution in [-0.2, 0) is 6.61 Å². The highest BCUT2D eigenvalue weighted by Gasteiger charge is 2.11. The molecule has 0 unspecified atom stereocenters. The number of nitrogens with two attached hydrogens (primary N) is 1. The van der Waals surface area contributed by atoms with E-state index in [4.69, 9.17) is 10.5 Å². The van der Waals surface area contributed by atoms with Crippen molar-refractivity contribution < 1.29 is 9.53 Å². The van der Waals surface area contributed by atoms with Gasteiger partial charge in [0.2, 0.25) is 0 Å². The molecule has 116 valence electrons. The average molecular weight is 373 g/mol. The van der Waals surface area contributed by atoms with Gasteiger partial charge in [-0.25, -0.2) is 4.68 Å². The smallest absolute Gasteiger partial charge is 0.250 e. The third-order valence-electron chi connectivity index (χ3n) is 3.16. The van der Waals surface area contributed by atoms with Crippen LogP contribution in [0.15, 0.2) is 59.2 Å². The summed E-state index contributed by atoms with van der Waals surface area (Å²) in [5.41, 5.74) is 6.99. The van der Waals surface area contributed by atoms with Crippen molar-refractivity contribution in [2.24, 2.45) is 5.73 Å². The lowest BCUT2D eigenvalue weighted by Gasteiger charge is -2.05. The first-order valence-corrected chi connectivity index (χ1v) is 7.61. The molecule has 23 heavy (non-hydrogen) atoms. The first-order chi connectivity index (χ1) is 11.1. The van der Waals surface area contributed by atoms with Crippen LogP contribution in [0.3, 0.4) is 0 Å². The summed E-state index contributed by atoms with van der Waals surface area (Å²) in [6.45, 7) is 0.278. The standard InChI is InChI=1S/C16H13BrN4O2/c17-11-5-7-13(8-6-11)23-10-12-9-21(20-19-12)15-4-2-1-3-14(15)16(18)22/h1-9H,10H2,(H2,18,22). The van der Waals surface area contributed by atoms with Gasteiger partial charge >= 0.3 is 0 Å². The Balaban J connectivity index is 1.76. The van der Waals surface area contributed by atoms with Crippen LogP contribution in [0.2, 0.25) is 0 Å². The number of ether oxygens (including phenoxy) is 1. The van der Waals surface area contributed by atoms with Gasteiger partial charge in [0.25, 0.3) is 5.91 Å². The quantitative estimate of drug-likeness (QED) is 0.746. The summed E-state index contributed by atoms with van der Waals surface area (Å²) in [4.78, 5) is 11.5. The molecule has 0 radical (unpaired) electrons. The minimum Gasteiger partial charge on any atom is -0.487 e. The predicted molar refractivity (Wildman–Crippen MR) is 88.4 cm³/mol. The molecule has 0 aliphatic heterocycles. The zero-order valence-corrected chi connectivity index (χ0v) is 13.6. The molecule has 0 aliphatic rings. The normalized spacial score (nSPS) is 10.5. The Hall–Kier alpha value is -2.67. The first kappa shape index (κ1) is 15.2. The maximum absolute atomic E-state index is 11.5. The maximum atomic E-state index is 11.5. The van der Waals surface area contributed by atoms with Crippen molar-refractivity contribution >= 4 is 21.8 Å². The van der Waals surface area contributed by atoms with E-state index >= 15 is 0 Å². The Morgan fingerprint density at radius 1 is 1.17 bits per heavy atom. The molecule has 0 saturated heterocycles. The third kappa shape index (κ3) is 3.57. The summed E-state index contributed by atoms with van der Waals surface area (Å²) in [6, 6.07) is 14.5. The molecule has 0 spiro atoms. The average Bonchev–Trinajstić information content (AvgIpc) is 3.03. The summed E-state index contributed by atoms with van der Waals surface area (Å²) >= 11 is 3.37. The Bertz CT molecular complexity index is 830. The highest BCUT2D eigenvalue weighted by molar-refractivity contribution is 9.10. The molecule has 0 saturated carbocycles. The second kappa shape index (κ2) is 6.62. The SMILES string of the molecule is NC(=O)c1ccccc1-n1cc(COc2ccc(Br)cc2)nn1. The number of rotatable bonds is 5. The van der Waals surface area contributed by atoms with Crippen LogP contribution in [0.5, 0.6) is 5.75 Å². The number of hydrogen-bond donors (Lipinski definition) is 1. The maximum Gasteiger partial charge on any atom is 0.250 e. The molecule has 0 atom stereocenters. The van der Waals surface area contributed by atoms with Crippen LogP contribution in [0.4, 0.5) is 0 Å². The van der Waals surface area contributed by atoms with Crippen molar-refractivity contribution in [1.82, 2.24) is 15.0 Å². The summed E-state index contributed by atoms with van der Waals surface area (Å²) < 4.78 is 8.14. The molecule has 1 aromatic heterocycles. The lowest BCUT2D eigenvalue weighted by Crippen LogP contribution is -2.14. The molecule has 3 rings (SSSR count). The number of amides is 1. The van der Waals surface area contributed by atoms with Crippen molar-refractivity contribution in [2.45, 2.75) is 6.61 Å². The fourth-order valence-electron chi connectivity index (χ4n) is 2.05. The van der Waals surface area contributed by atoms with Gasteiger partial charge in [-0.2, -0.15) is 0 Å². The van der Waals surface area contributed by atoms with Gasteiger partial charge in [0.15, 0.2) is 0 Å². The zero-order chi connectivity index (χ0) is 16.2. The van der Waals surface area contributed by atoms with Crippen molar-refractivity contribution in [2.75, 3.05) is 0 Å². The minimum absolute atomic E-state index is 0.278. The Morgan fingerprint density at radius 3 is 2.65 bits per heavy atom. The molecule has 2 aromatic carbocycles. The molecule has 1 heterocycles. The van der Waals surface area contributed by atoms with Gasteiger partial charge in [0, 0.05) is 4.47 Å². The molecule has 2 N–H and O–H groups in total. The van der Waals surface area contributed by atoms with Gasteiger partial charge in [-0.3, -0.25) is 4.79 Å². The number of halogens is 1. The molecule has 1 amide bonds. The first-order valence-electron chi connectivity index (χ1n) is 6.82. The van der Waals surface area contributed by atoms with E-state index in [0.717, 1.165) is 10.2 Å². The monoisotopic (exact) mass is 372 g/mol. The van der Waals surface area contributed by atoms with Crippen molar-refractivity contribution in [3.8, 4) is 11.4 Å². The Kier molecular flexibility index (Phi) is 4.38. The van der Waals surface area contributed by atoms with Crippen LogP contribution in [-0.4, -0.2) is 20.9 Å². The van der Waals surface area contributed by atoms with Gasteiger partial charge in [0.1, 0.15) is 18.1 Å². The van der Waals surface area contributed by atoms with Crippen molar-refractivity contribution in [3.05, 3.63) is 70.5 Å². The lowest BCUT2D eigenvalue weighted by atomic mass is 10.1. The van der Waals surface area contributed by atoms with E-state index in [9.17, 15) is 4.79 Å². The summed E-state index contributed by atoms with van der Waals surface area (Å²) in [6.07, 6.45) is 1.71. The number of aromatic nitrogens is 3. The van der Waals surface area contributed by atoms with Crippen LogP contribution >= 0.6 is 15.9 Å². The molecule has 0 bridgehead atoms. The van der Waals surface area contributed by atoms with E-state index in [1.165, 1.54) is 4.68 Å². The van der Waals surface area contributed by atoms with Crippen molar-refractivity contribution in [3.63, 3.8) is 0 Å². The molecule has 6 nitrogen and oxygen atoms in total. The third-order valence-corrected chi connectivity index (χ3v) is 3.69. The second-order valence-corrected chi connectivity index (χ2v) is 5.69. The zero-order valence-electron chi connectivity index (χ0n) is 12.0. The molecular weight excluding hydrogens is 360 g/mol. The van der Waals surface area contributed by atoms with E-state index in [0.29, 0.717) is 16.9 Å². The van der Waals surface area contributed by atoms with Gasteiger partial charge in [-0.05, 0) is 36.4 Å². The second-order valence-electron chi connectivity index (χ2n) is 4.78. The fraction of sp³-hybridized carbons (Fsp3) is 0.0625. The number of benzene rings is 2. The Morgan fingerprint density at radius 2 is 1.91 bits per heavy atom. The van der Waals surface area contributed by atoms with E-state index in [2.05, 4.69) is 26.2 Å². The van der Waals surface area contributed by atoms with E-state index in [-0.39, 0.29) is 6.61 Å². The van der Waals surface area contributed by atoms with E-state index in [1.807, 2.05) is 24.3 Å². The number of carbonyl (C=O) groups excluding carboxylic acids is 1. The minimum atomic E-state index is -0.510. The van der Waals surface area contributed by atoms with Crippen LogP contribution in [0.25, 0.3) is 5.69 Å². The lowest BCUT2D eigenvalue weighted by molar-refractivity contribution is 0.1000. The van der Waals surface area contributed by atoms with E-state index in [1.54, 1.807) is 30.5 Å². The topological polar surface area (TPSA) is 83.0 Å². The van der Waals surface area contributed by atoms with Gasteiger partial charge in [-0.1, -0.05) is 33.3 Å². The summed E-state index contributed by atoms with van der Waals surface area (Å²) in [7, 11) is 0. The van der Waals surface area contributed by atoms with Crippen LogP contribution < -0.4 is 10.5 Å². The van der Waals surface area contributed by atoms with Crippen LogP contribution in [0.1, 0.15) is 16.1 Å². The Labute approximate surface area is 141 Å². The van der Waals surface area contributed by atoms with Crippen molar-refractivity contribution in [1.29, 1.82) is 0 Å². The highest BCUT2D eigenvalue weighted by Crippen LogP contribution is 2.17. The summed E-state index contributed by atoms with van der Waals surface area (Å²) in [5.74, 6) is 0.226. The van der Waals surface area contributed by atoms with Gasteiger partial charge in [-0.15, -0.1) is 5.10 Å². The highest BCUT2D eigenvalue weighted by atomic mass is 79.9. The molecule has 7 heteroatoms. The predicted octanol–water partition coefficient (Wildman–Crippen LogP) is 2.71. The van der Waals surface area contributed by atoms with Gasteiger partial charge < -0.3 is 10.5 Å². The molecule has 0 aliphatic carbocycles. The number of nitrogens with zero attached hydrogens (tertiary/aromatic N) is 3. The summed E-state index contributed by atoms with van der Waals surface area (Å²) in [5, 5.41) is 8.08. The van der Waals surface area contributed by atoms with E-state index < -0.39 is 5.91 Å². The number of carbonyl (C=O) groups is 1. The number of para-hydroxylation sites is 1. The van der Waals surface area contributed by atoms with Gasteiger partial charge in [0.05, 0.1) is 17.4 Å². The fourth-order valence-corrected chi connectivity index (χ4v) is 2.32. The number of hydrogen-bond acceptors (Lipinski definition) is 4. The van der Waals surface area contributed by atoms with Crippen LogP contribution in [0, 0.1) is 0 Å². The molecule has 3 aromatic rings.